The summed E-state index contributed by atoms with van der Waals surface area (Å²) < 4.78 is 0. The van der Waals surface area contributed by atoms with Crippen molar-refractivity contribution in [2.24, 2.45) is 0 Å². The largest absolute Gasteiger partial charge is 0.382 e. The lowest BCUT2D eigenvalue weighted by atomic mass is 10.1. The summed E-state index contributed by atoms with van der Waals surface area (Å²) in [6.45, 7) is 2.01. The van der Waals surface area contributed by atoms with Gasteiger partial charge in [-0.2, -0.15) is 15.4 Å². The zero-order valence-corrected chi connectivity index (χ0v) is 7.81. The summed E-state index contributed by atoms with van der Waals surface area (Å²) >= 11 is 0. The maximum absolute atomic E-state index is 9.85. The Bertz CT molecular complexity index is 394. The molecule has 0 aliphatic rings. The molecule has 0 saturated heterocycles. The summed E-state index contributed by atoms with van der Waals surface area (Å²) in [4.78, 5) is 0. The van der Waals surface area contributed by atoms with Crippen LogP contribution in [0.5, 0.6) is 0 Å². The second-order valence-electron chi connectivity index (χ2n) is 3.21. The van der Waals surface area contributed by atoms with Crippen LogP contribution in [0, 0.1) is 6.92 Å². The molecule has 0 radical (unpaired) electrons. The Morgan fingerprint density at radius 2 is 2.00 bits per heavy atom. The van der Waals surface area contributed by atoms with E-state index in [1.54, 1.807) is 0 Å². The molecular weight excluding hydrogens is 178 g/mol. The molecule has 0 amide bonds. The lowest BCUT2D eigenvalue weighted by Gasteiger charge is -2.07. The van der Waals surface area contributed by atoms with Gasteiger partial charge in [-0.1, -0.05) is 29.8 Å². The van der Waals surface area contributed by atoms with Crippen LogP contribution >= 0.6 is 0 Å². The predicted molar refractivity (Wildman–Crippen MR) is 51.6 cm³/mol. The van der Waals surface area contributed by atoms with E-state index in [4.69, 9.17) is 0 Å². The minimum absolute atomic E-state index is 0.536. The first-order valence-corrected chi connectivity index (χ1v) is 4.37. The standard InChI is InChI=1S/C10H11N3O/c1-7-2-4-8(5-3-7)10(14)9-6-11-13-12-9/h2-6,10,14H,1H3,(H,11,12,13). The van der Waals surface area contributed by atoms with Crippen molar-refractivity contribution in [2.45, 2.75) is 13.0 Å². The molecule has 0 spiro atoms. The van der Waals surface area contributed by atoms with Gasteiger partial charge in [-0.3, -0.25) is 0 Å². The average Bonchev–Trinajstić information content (AvgIpc) is 2.71. The third kappa shape index (κ3) is 1.65. The van der Waals surface area contributed by atoms with Crippen molar-refractivity contribution in [2.75, 3.05) is 0 Å². The van der Waals surface area contributed by atoms with E-state index in [1.807, 2.05) is 31.2 Å². The molecule has 1 aromatic carbocycles. The van der Waals surface area contributed by atoms with Crippen LogP contribution in [-0.4, -0.2) is 20.5 Å². The van der Waals surface area contributed by atoms with Crippen LogP contribution in [0.1, 0.15) is 22.9 Å². The van der Waals surface area contributed by atoms with E-state index in [1.165, 1.54) is 11.8 Å². The fourth-order valence-corrected chi connectivity index (χ4v) is 1.26. The Morgan fingerprint density at radius 1 is 1.29 bits per heavy atom. The summed E-state index contributed by atoms with van der Waals surface area (Å²) in [6.07, 6.45) is 0.819. The zero-order chi connectivity index (χ0) is 9.97. The highest BCUT2D eigenvalue weighted by Crippen LogP contribution is 2.18. The third-order valence-corrected chi connectivity index (χ3v) is 2.11. The Morgan fingerprint density at radius 3 is 2.57 bits per heavy atom. The highest BCUT2D eigenvalue weighted by Gasteiger charge is 2.12. The number of H-pyrrole nitrogens is 1. The van der Waals surface area contributed by atoms with Gasteiger partial charge in [-0.15, -0.1) is 0 Å². The van der Waals surface area contributed by atoms with E-state index in [-0.39, 0.29) is 0 Å². The Kier molecular flexibility index (Phi) is 2.28. The second kappa shape index (κ2) is 3.59. The number of nitrogens with zero attached hydrogens (tertiary/aromatic N) is 2. The van der Waals surface area contributed by atoms with Gasteiger partial charge in [0, 0.05) is 0 Å². The first-order valence-electron chi connectivity index (χ1n) is 4.37. The molecule has 2 N–H and O–H groups in total. The van der Waals surface area contributed by atoms with Gasteiger partial charge in [0.1, 0.15) is 11.8 Å². The van der Waals surface area contributed by atoms with Crippen LogP contribution in [-0.2, 0) is 0 Å². The predicted octanol–water partition coefficient (Wildman–Crippen LogP) is 1.19. The maximum Gasteiger partial charge on any atom is 0.124 e. The van der Waals surface area contributed by atoms with Gasteiger partial charge in [-0.25, -0.2) is 0 Å². The lowest BCUT2D eigenvalue weighted by Crippen LogP contribution is -1.99. The number of nitrogens with one attached hydrogen (secondary N) is 1. The van der Waals surface area contributed by atoms with Crippen molar-refractivity contribution in [3.63, 3.8) is 0 Å². The first-order chi connectivity index (χ1) is 6.77. The molecule has 4 nitrogen and oxygen atoms in total. The van der Waals surface area contributed by atoms with Crippen LogP contribution in [0.25, 0.3) is 0 Å². The Balaban J connectivity index is 2.28. The minimum Gasteiger partial charge on any atom is -0.382 e. The van der Waals surface area contributed by atoms with Crippen molar-refractivity contribution < 1.29 is 5.11 Å². The summed E-state index contributed by atoms with van der Waals surface area (Å²) in [7, 11) is 0. The van der Waals surface area contributed by atoms with Crippen molar-refractivity contribution in [3.05, 3.63) is 47.3 Å². The van der Waals surface area contributed by atoms with E-state index < -0.39 is 6.10 Å². The molecule has 4 heteroatoms. The number of hydrogen-bond donors (Lipinski definition) is 2. The third-order valence-electron chi connectivity index (χ3n) is 2.11. The molecule has 0 fully saturated rings. The lowest BCUT2D eigenvalue weighted by molar-refractivity contribution is 0.215. The van der Waals surface area contributed by atoms with Crippen molar-refractivity contribution in [3.8, 4) is 0 Å². The van der Waals surface area contributed by atoms with Gasteiger partial charge < -0.3 is 5.11 Å². The van der Waals surface area contributed by atoms with Crippen molar-refractivity contribution >= 4 is 0 Å². The molecule has 0 bridgehead atoms. The molecule has 1 heterocycles. The van der Waals surface area contributed by atoms with Crippen LogP contribution in [0.3, 0.4) is 0 Å². The number of rotatable bonds is 2. The quantitative estimate of drug-likeness (QED) is 0.746. The summed E-state index contributed by atoms with van der Waals surface area (Å²) in [5, 5.41) is 19.8. The van der Waals surface area contributed by atoms with E-state index in [0.29, 0.717) is 5.69 Å². The van der Waals surface area contributed by atoms with Crippen LogP contribution in [0.2, 0.25) is 0 Å². The number of hydrogen-bond acceptors (Lipinski definition) is 3. The highest BCUT2D eigenvalue weighted by atomic mass is 16.3. The number of aliphatic hydroxyl groups is 1. The van der Waals surface area contributed by atoms with E-state index >= 15 is 0 Å². The first kappa shape index (κ1) is 8.90. The minimum atomic E-state index is -0.700. The normalized spacial score (nSPS) is 12.7. The van der Waals surface area contributed by atoms with Crippen LogP contribution in [0.15, 0.2) is 30.5 Å². The highest BCUT2D eigenvalue weighted by molar-refractivity contribution is 5.27. The van der Waals surface area contributed by atoms with Gasteiger partial charge in [-0.05, 0) is 12.5 Å². The molecule has 1 unspecified atom stereocenters. The number of aryl methyl sites for hydroxylation is 1. The van der Waals surface area contributed by atoms with Gasteiger partial charge in [0.2, 0.25) is 0 Å². The molecule has 1 atom stereocenters. The molecular formula is C10H11N3O. The van der Waals surface area contributed by atoms with Gasteiger partial charge >= 0.3 is 0 Å². The fraction of sp³-hybridized carbons (Fsp3) is 0.200. The van der Waals surface area contributed by atoms with E-state index in [2.05, 4.69) is 15.4 Å². The topological polar surface area (TPSA) is 61.8 Å². The van der Waals surface area contributed by atoms with Crippen molar-refractivity contribution in [1.29, 1.82) is 0 Å². The van der Waals surface area contributed by atoms with Crippen LogP contribution in [0.4, 0.5) is 0 Å². The molecule has 1 aromatic heterocycles. The zero-order valence-electron chi connectivity index (χ0n) is 7.81. The van der Waals surface area contributed by atoms with Gasteiger partial charge in [0.05, 0.1) is 6.20 Å². The Labute approximate surface area is 81.6 Å². The average molecular weight is 189 g/mol. The van der Waals surface area contributed by atoms with Crippen LogP contribution < -0.4 is 0 Å². The summed E-state index contributed by atoms with van der Waals surface area (Å²) in [6, 6.07) is 7.68. The molecule has 0 saturated carbocycles. The summed E-state index contributed by atoms with van der Waals surface area (Å²) in [5.74, 6) is 0. The van der Waals surface area contributed by atoms with E-state index in [9.17, 15) is 5.11 Å². The number of benzene rings is 1. The molecule has 14 heavy (non-hydrogen) atoms. The fourth-order valence-electron chi connectivity index (χ4n) is 1.26. The molecule has 0 aliphatic heterocycles. The second-order valence-corrected chi connectivity index (χ2v) is 3.21. The molecule has 2 aromatic rings. The molecule has 72 valence electrons. The van der Waals surface area contributed by atoms with Crippen molar-refractivity contribution in [1.82, 2.24) is 15.4 Å². The molecule has 0 aliphatic carbocycles. The number of aromatic nitrogens is 3. The maximum atomic E-state index is 9.85. The van der Waals surface area contributed by atoms with E-state index in [0.717, 1.165) is 5.56 Å². The SMILES string of the molecule is Cc1ccc(C(O)c2cn[nH]n2)cc1. The Hall–Kier alpha value is -1.68. The number of aromatic amines is 1. The molecule has 2 rings (SSSR count). The monoisotopic (exact) mass is 189 g/mol. The van der Waals surface area contributed by atoms with Gasteiger partial charge in [0.25, 0.3) is 0 Å². The summed E-state index contributed by atoms with van der Waals surface area (Å²) in [5.41, 5.74) is 2.53. The smallest absolute Gasteiger partial charge is 0.124 e. The van der Waals surface area contributed by atoms with Gasteiger partial charge in [0.15, 0.2) is 0 Å². The number of aliphatic hydroxyl groups excluding tert-OH is 1.